The number of sulfonamides is 1. The number of carbonyl (C=O) groups excluding carboxylic acids is 4. The van der Waals surface area contributed by atoms with Crippen LogP contribution in [-0.2, 0) is 33.9 Å². The van der Waals surface area contributed by atoms with E-state index in [0.29, 0.717) is 43.0 Å². The predicted molar refractivity (Wildman–Crippen MR) is 210 cm³/mol. The van der Waals surface area contributed by atoms with E-state index < -0.39 is 92.4 Å². The van der Waals surface area contributed by atoms with Gasteiger partial charge in [-0.05, 0) is 87.6 Å². The Hall–Kier alpha value is -4.53. The van der Waals surface area contributed by atoms with Gasteiger partial charge >= 0.3 is 12.1 Å². The number of halogens is 3. The van der Waals surface area contributed by atoms with Crippen molar-refractivity contribution < 1.29 is 50.2 Å². The molecule has 1 saturated heterocycles. The van der Waals surface area contributed by atoms with Gasteiger partial charge in [-0.15, -0.1) is 0 Å². The number of pyridine rings is 1. The van der Waals surface area contributed by atoms with Crippen molar-refractivity contribution in [3.05, 3.63) is 60.7 Å². The molecule has 312 valence electrons. The van der Waals surface area contributed by atoms with Gasteiger partial charge in [-0.2, -0.15) is 13.2 Å². The van der Waals surface area contributed by atoms with E-state index in [1.807, 2.05) is 67.6 Å². The van der Waals surface area contributed by atoms with Crippen molar-refractivity contribution in [1.29, 1.82) is 0 Å². The Morgan fingerprint density at radius 1 is 0.966 bits per heavy atom. The number of hydrogen-bond acceptors (Lipinski definition) is 9. The van der Waals surface area contributed by atoms with E-state index in [0.717, 1.165) is 24.6 Å². The van der Waals surface area contributed by atoms with Gasteiger partial charge in [0.1, 0.15) is 6.10 Å². The van der Waals surface area contributed by atoms with Crippen molar-refractivity contribution in [3.8, 4) is 5.88 Å². The molecule has 58 heavy (non-hydrogen) atoms. The van der Waals surface area contributed by atoms with Gasteiger partial charge in [0.2, 0.25) is 33.3 Å². The number of benzene rings is 2. The number of carbonyl (C=O) groups is 4. The van der Waals surface area contributed by atoms with Crippen molar-refractivity contribution >= 4 is 55.3 Å². The molecule has 11 nitrogen and oxygen atoms in total. The van der Waals surface area contributed by atoms with Gasteiger partial charge in [-0.1, -0.05) is 62.4 Å². The Kier molecular flexibility index (Phi) is 11.2. The Labute approximate surface area is 336 Å². The van der Waals surface area contributed by atoms with E-state index in [4.69, 9.17) is 14.5 Å². The first kappa shape index (κ1) is 41.6. The zero-order chi connectivity index (χ0) is 41.8. The summed E-state index contributed by atoms with van der Waals surface area (Å²) in [6, 6.07) is 13.9. The number of amides is 2. The number of allylic oxidation sites excluding steroid dienone is 2. The second kappa shape index (κ2) is 15.6. The topological polar surface area (TPSA) is 149 Å². The molecule has 3 aromatic rings. The van der Waals surface area contributed by atoms with Gasteiger partial charge in [0.25, 0.3) is 0 Å². The number of nitrogens with zero attached hydrogens (tertiary/aromatic N) is 2. The summed E-state index contributed by atoms with van der Waals surface area (Å²) >= 11 is 0. The smallest absolute Gasteiger partial charge is 0.427 e. The van der Waals surface area contributed by atoms with Gasteiger partial charge in [-0.3, -0.25) is 23.9 Å². The number of ether oxygens (including phenoxy) is 2. The molecule has 7 atom stereocenters. The van der Waals surface area contributed by atoms with Crippen LogP contribution in [-0.4, -0.2) is 77.6 Å². The number of para-hydroxylation sites is 1. The highest BCUT2D eigenvalue weighted by Crippen LogP contribution is 2.57. The molecule has 7 rings (SSSR count). The summed E-state index contributed by atoms with van der Waals surface area (Å²) in [7, 11) is -3.93. The van der Waals surface area contributed by atoms with Crippen molar-refractivity contribution in [1.82, 2.24) is 14.6 Å². The second-order valence-electron chi connectivity index (χ2n) is 17.4. The fourth-order valence-electron chi connectivity index (χ4n) is 8.67. The third kappa shape index (κ3) is 8.46. The summed E-state index contributed by atoms with van der Waals surface area (Å²) in [6.07, 6.45) is -0.0167. The molecule has 2 aliphatic carbocycles. The van der Waals surface area contributed by atoms with Gasteiger partial charge in [0.05, 0.1) is 41.1 Å². The Morgan fingerprint density at radius 2 is 1.64 bits per heavy atom. The average molecular weight is 826 g/mol. The molecule has 2 saturated carbocycles. The molecule has 15 heteroatoms. The number of ketones is 1. The van der Waals surface area contributed by atoms with E-state index in [1.165, 1.54) is 4.90 Å². The summed E-state index contributed by atoms with van der Waals surface area (Å²) in [6.45, 7) is 5.14. The van der Waals surface area contributed by atoms with Crippen LogP contribution in [0.3, 0.4) is 0 Å². The van der Waals surface area contributed by atoms with E-state index >= 15 is 0 Å². The highest BCUT2D eigenvalue weighted by atomic mass is 32.2. The Bertz CT molecular complexity index is 2260. The third-order valence-electron chi connectivity index (χ3n) is 12.5. The maximum absolute atomic E-state index is 14.9. The quantitative estimate of drug-likeness (QED) is 0.141. The minimum absolute atomic E-state index is 0.00492. The van der Waals surface area contributed by atoms with Crippen LogP contribution in [0.15, 0.2) is 60.7 Å². The number of Topliss-reactive ketones (excluding diaryl/α,β-unsaturated/α-hetero) is 1. The zero-order valence-corrected chi connectivity index (χ0v) is 33.9. The lowest BCUT2D eigenvalue weighted by Crippen LogP contribution is -2.48. The number of fused-ring (bicyclic) bond motifs is 5. The van der Waals surface area contributed by atoms with Crippen LogP contribution in [0.2, 0.25) is 0 Å². The molecule has 4 aliphatic rings. The summed E-state index contributed by atoms with van der Waals surface area (Å²) in [5, 5.41) is 1.84. The minimum atomic E-state index is -4.86. The first-order chi connectivity index (χ1) is 27.3. The molecule has 0 spiro atoms. The van der Waals surface area contributed by atoms with Crippen LogP contribution in [0.4, 0.5) is 13.2 Å². The first-order valence-electron chi connectivity index (χ1n) is 20.1. The molecule has 1 unspecified atom stereocenters. The predicted octanol–water partition coefficient (Wildman–Crippen LogP) is 7.21. The molecule has 3 heterocycles. The lowest BCUT2D eigenvalue weighted by Gasteiger charge is -2.33. The number of aromatic nitrogens is 1. The van der Waals surface area contributed by atoms with Crippen LogP contribution in [0.25, 0.3) is 21.7 Å². The summed E-state index contributed by atoms with van der Waals surface area (Å²) < 4.78 is 81.0. The molecule has 0 radical (unpaired) electrons. The van der Waals surface area contributed by atoms with E-state index in [-0.39, 0.29) is 37.6 Å². The number of rotatable bonds is 8. The van der Waals surface area contributed by atoms with E-state index in [9.17, 15) is 40.8 Å². The Balaban J connectivity index is 1.24. The van der Waals surface area contributed by atoms with Crippen molar-refractivity contribution in [3.63, 3.8) is 0 Å². The summed E-state index contributed by atoms with van der Waals surface area (Å²) in [5.41, 5.74) is -3.49. The molecule has 3 fully saturated rings. The molecule has 1 N–H and O–H groups in total. The number of hydrogen-bond donors (Lipinski definition) is 1. The molecule has 0 bridgehead atoms. The third-order valence-corrected chi connectivity index (χ3v) is 14.3. The number of esters is 1. The van der Waals surface area contributed by atoms with Gasteiger partial charge in [0, 0.05) is 23.6 Å². The molecule has 2 aromatic carbocycles. The monoisotopic (exact) mass is 825 g/mol. The van der Waals surface area contributed by atoms with Gasteiger partial charge in [0.15, 0.2) is 5.78 Å². The summed E-state index contributed by atoms with van der Waals surface area (Å²) in [4.78, 5) is 62.8. The highest BCUT2D eigenvalue weighted by Gasteiger charge is 2.62. The molecule has 2 aliphatic heterocycles. The standard InChI is InChI=1S/C43H50F3N3O8S/c1-25-11-5-6-12-27-22-42(27,40(53)48-58(54,55)29-17-18-29)23-36(50)35-20-28(56-38-32-15-8-7-13-30(32)31-14-9-10-16-34(31)47-38)24-49(35)39(52)33(26(2)19-25)21-37(51)57-41(3,4)43(44,45)46/h6-10,12-16,25-29,33,35H,5,11,17-24H2,1-4H3,(H,48,53)/b12-6-/t25-,26-,27-,28-,33+,35?,42-/m1/s1. The normalized spacial score (nSPS) is 29.2. The highest BCUT2D eigenvalue weighted by molar-refractivity contribution is 7.90. The molecular formula is C43H50F3N3O8S. The SMILES string of the molecule is C[C@@H]1CC/C=C\[C@@H]2C[C@@]2(C(=O)NS(=O)(=O)C2CC2)CC(=O)C2C[C@@H](Oc3nc4ccccc4c4ccccc34)CN2C(=O)[C@@H](CC(=O)OC(C)(C)C(F)(F)F)[C@H](C)C1. The van der Waals surface area contributed by atoms with Crippen LogP contribution in [0.5, 0.6) is 5.88 Å². The van der Waals surface area contributed by atoms with Crippen molar-refractivity contribution in [2.24, 2.45) is 29.1 Å². The lowest BCUT2D eigenvalue weighted by atomic mass is 9.82. The Morgan fingerprint density at radius 3 is 2.33 bits per heavy atom. The largest absolute Gasteiger partial charge is 0.472 e. The number of alkyl halides is 3. The van der Waals surface area contributed by atoms with Crippen LogP contribution in [0.1, 0.15) is 85.5 Å². The van der Waals surface area contributed by atoms with Crippen molar-refractivity contribution in [2.75, 3.05) is 6.54 Å². The van der Waals surface area contributed by atoms with Crippen LogP contribution < -0.4 is 9.46 Å². The zero-order valence-electron chi connectivity index (χ0n) is 33.1. The van der Waals surface area contributed by atoms with Crippen LogP contribution in [0, 0.1) is 29.1 Å². The molecular weight excluding hydrogens is 776 g/mol. The van der Waals surface area contributed by atoms with E-state index in [2.05, 4.69) is 4.72 Å². The van der Waals surface area contributed by atoms with E-state index in [1.54, 1.807) is 6.92 Å². The van der Waals surface area contributed by atoms with Gasteiger partial charge < -0.3 is 14.4 Å². The average Bonchev–Trinajstić information content (AvgIpc) is 4.08. The lowest BCUT2D eigenvalue weighted by molar-refractivity contribution is -0.257. The maximum atomic E-state index is 14.9. The van der Waals surface area contributed by atoms with Crippen molar-refractivity contribution in [2.45, 2.75) is 115 Å². The fourth-order valence-corrected chi connectivity index (χ4v) is 10.1. The van der Waals surface area contributed by atoms with Crippen LogP contribution >= 0.6 is 0 Å². The fraction of sp³-hybridized carbons (Fsp3) is 0.558. The first-order valence-corrected chi connectivity index (χ1v) is 21.6. The minimum Gasteiger partial charge on any atom is -0.472 e. The second-order valence-corrected chi connectivity index (χ2v) is 19.3. The summed E-state index contributed by atoms with van der Waals surface area (Å²) in [5.74, 6) is -4.80. The van der Waals surface area contributed by atoms with Gasteiger partial charge in [-0.25, -0.2) is 13.4 Å². The maximum Gasteiger partial charge on any atom is 0.427 e. The number of nitrogens with one attached hydrogen (secondary N) is 1. The molecule has 1 aromatic heterocycles. The molecule has 2 amide bonds.